The molecule has 0 heterocycles. The molecule has 0 aromatic carbocycles. The fourth-order valence-electron chi connectivity index (χ4n) is 4.76. The second kappa shape index (κ2) is 27.5. The van der Waals surface area contributed by atoms with Crippen molar-refractivity contribution in [2.45, 2.75) is 187 Å². The third-order valence-corrected chi connectivity index (χ3v) is 7.08. The maximum absolute atomic E-state index is 12.3. The van der Waals surface area contributed by atoms with Crippen LogP contribution in [0, 0.1) is 0 Å². The van der Waals surface area contributed by atoms with Gasteiger partial charge in [-0.05, 0) is 32.1 Å². The lowest BCUT2D eigenvalue weighted by atomic mass is 10.0. The van der Waals surface area contributed by atoms with E-state index in [0.717, 1.165) is 64.2 Å². The van der Waals surface area contributed by atoms with Crippen molar-refractivity contribution in [2.75, 3.05) is 0 Å². The van der Waals surface area contributed by atoms with Gasteiger partial charge in [0.1, 0.15) is 6.10 Å². The molecule has 1 unspecified atom stereocenters. The van der Waals surface area contributed by atoms with Crippen molar-refractivity contribution in [3.05, 3.63) is 0 Å². The van der Waals surface area contributed by atoms with Crippen molar-refractivity contribution in [3.8, 4) is 0 Å². The Hall–Kier alpha value is -1.06. The van der Waals surface area contributed by atoms with Gasteiger partial charge in [0.15, 0.2) is 0 Å². The van der Waals surface area contributed by atoms with Gasteiger partial charge in [-0.15, -0.1) is 0 Å². The van der Waals surface area contributed by atoms with Gasteiger partial charge in [0.2, 0.25) is 0 Å². The van der Waals surface area contributed by atoms with Crippen LogP contribution in [0.3, 0.4) is 0 Å². The summed E-state index contributed by atoms with van der Waals surface area (Å²) in [6.07, 6.45) is 30.0. The molecular formula is C31H60O4. The van der Waals surface area contributed by atoms with Crippen LogP contribution in [-0.2, 0) is 14.3 Å². The molecule has 4 heteroatoms. The second-order valence-corrected chi connectivity index (χ2v) is 10.7. The first-order chi connectivity index (χ1) is 17.1. The van der Waals surface area contributed by atoms with Crippen molar-refractivity contribution >= 4 is 11.9 Å². The van der Waals surface area contributed by atoms with Crippen molar-refractivity contribution in [1.29, 1.82) is 0 Å². The number of rotatable bonds is 28. The molecule has 0 bridgehead atoms. The van der Waals surface area contributed by atoms with Gasteiger partial charge in [-0.1, -0.05) is 136 Å². The standard InChI is InChI=1S/C31H60O4/c1-3-5-7-8-9-10-11-15-18-21-24-28-31(34)35-29(25-6-4-2)26-22-19-16-13-12-14-17-20-23-27-30(32)33/h29H,3-28H2,1-2H3,(H,32,33). The summed E-state index contributed by atoms with van der Waals surface area (Å²) in [5, 5.41) is 8.65. The molecule has 0 aliphatic carbocycles. The first-order valence-corrected chi connectivity index (χ1v) is 15.5. The molecule has 0 radical (unpaired) electrons. The highest BCUT2D eigenvalue weighted by atomic mass is 16.5. The summed E-state index contributed by atoms with van der Waals surface area (Å²) in [5.74, 6) is -0.660. The third-order valence-electron chi connectivity index (χ3n) is 7.08. The molecule has 0 aliphatic rings. The maximum Gasteiger partial charge on any atom is 0.306 e. The Kier molecular flexibility index (Phi) is 26.7. The molecule has 0 aromatic heterocycles. The summed E-state index contributed by atoms with van der Waals surface area (Å²) in [4.78, 5) is 22.8. The number of aliphatic carboxylic acids is 1. The smallest absolute Gasteiger partial charge is 0.306 e. The molecule has 0 amide bonds. The molecule has 4 nitrogen and oxygen atoms in total. The van der Waals surface area contributed by atoms with Crippen LogP contribution in [0.15, 0.2) is 0 Å². The number of carboxylic acids is 1. The van der Waals surface area contributed by atoms with Gasteiger partial charge in [-0.3, -0.25) is 9.59 Å². The SMILES string of the molecule is CCCCCCCCCCCCCC(=O)OC(CCCC)CCCCCCCCCCCC(=O)O. The van der Waals surface area contributed by atoms with E-state index in [2.05, 4.69) is 13.8 Å². The molecule has 0 aliphatic heterocycles. The lowest BCUT2D eigenvalue weighted by Gasteiger charge is -2.18. The molecule has 0 aromatic rings. The number of hydrogen-bond acceptors (Lipinski definition) is 3. The fraction of sp³-hybridized carbons (Fsp3) is 0.935. The fourth-order valence-corrected chi connectivity index (χ4v) is 4.76. The van der Waals surface area contributed by atoms with Crippen LogP contribution in [-0.4, -0.2) is 23.1 Å². The van der Waals surface area contributed by atoms with Gasteiger partial charge in [0.05, 0.1) is 0 Å². The quantitative estimate of drug-likeness (QED) is 0.0864. The summed E-state index contributed by atoms with van der Waals surface area (Å²) in [6.45, 7) is 4.47. The van der Waals surface area contributed by atoms with Gasteiger partial charge in [0.25, 0.3) is 0 Å². The molecule has 0 saturated carbocycles. The maximum atomic E-state index is 12.3. The van der Waals surface area contributed by atoms with Gasteiger partial charge in [0, 0.05) is 12.8 Å². The van der Waals surface area contributed by atoms with Gasteiger partial charge < -0.3 is 9.84 Å². The van der Waals surface area contributed by atoms with Crippen molar-refractivity contribution in [1.82, 2.24) is 0 Å². The summed E-state index contributed by atoms with van der Waals surface area (Å²) in [5.41, 5.74) is 0. The largest absolute Gasteiger partial charge is 0.481 e. The summed E-state index contributed by atoms with van der Waals surface area (Å²) < 4.78 is 5.86. The van der Waals surface area contributed by atoms with E-state index in [1.54, 1.807) is 0 Å². The van der Waals surface area contributed by atoms with Gasteiger partial charge in [-0.2, -0.15) is 0 Å². The van der Waals surface area contributed by atoms with Crippen molar-refractivity contribution in [2.24, 2.45) is 0 Å². The predicted molar refractivity (Wildman–Crippen MR) is 149 cm³/mol. The topological polar surface area (TPSA) is 63.6 Å². The van der Waals surface area contributed by atoms with Crippen LogP contribution in [0.2, 0.25) is 0 Å². The lowest BCUT2D eigenvalue weighted by Crippen LogP contribution is -2.18. The monoisotopic (exact) mass is 496 g/mol. The highest BCUT2D eigenvalue weighted by molar-refractivity contribution is 5.69. The highest BCUT2D eigenvalue weighted by Gasteiger charge is 2.13. The molecule has 0 rings (SSSR count). The normalized spacial score (nSPS) is 12.1. The Morgan fingerprint density at radius 2 is 0.886 bits per heavy atom. The zero-order chi connectivity index (χ0) is 25.8. The highest BCUT2D eigenvalue weighted by Crippen LogP contribution is 2.18. The van der Waals surface area contributed by atoms with E-state index in [4.69, 9.17) is 9.84 Å². The Bertz CT molecular complexity index is 463. The number of hydrogen-bond donors (Lipinski definition) is 1. The summed E-state index contributed by atoms with van der Waals surface area (Å²) in [6, 6.07) is 0. The van der Waals surface area contributed by atoms with E-state index in [1.165, 1.54) is 89.9 Å². The van der Waals surface area contributed by atoms with E-state index in [-0.39, 0.29) is 12.1 Å². The third kappa shape index (κ3) is 27.4. The molecule has 0 spiro atoms. The zero-order valence-corrected chi connectivity index (χ0v) is 23.6. The minimum absolute atomic E-state index is 0.0184. The Morgan fingerprint density at radius 1 is 0.514 bits per heavy atom. The van der Waals surface area contributed by atoms with Crippen LogP contribution in [0.5, 0.6) is 0 Å². The van der Waals surface area contributed by atoms with Crippen LogP contribution >= 0.6 is 0 Å². The van der Waals surface area contributed by atoms with Gasteiger partial charge >= 0.3 is 11.9 Å². The number of esters is 1. The molecule has 0 saturated heterocycles. The van der Waals surface area contributed by atoms with Crippen LogP contribution < -0.4 is 0 Å². The number of ether oxygens (including phenoxy) is 1. The van der Waals surface area contributed by atoms with E-state index in [1.807, 2.05) is 0 Å². The number of unbranched alkanes of at least 4 members (excludes halogenated alkanes) is 19. The van der Waals surface area contributed by atoms with Crippen LogP contribution in [0.25, 0.3) is 0 Å². The second-order valence-electron chi connectivity index (χ2n) is 10.7. The predicted octanol–water partition coefficient (Wildman–Crippen LogP) is 10.2. The van der Waals surface area contributed by atoms with Crippen molar-refractivity contribution in [3.63, 3.8) is 0 Å². The van der Waals surface area contributed by atoms with Crippen LogP contribution in [0.4, 0.5) is 0 Å². The molecule has 0 fully saturated rings. The van der Waals surface area contributed by atoms with Crippen molar-refractivity contribution < 1.29 is 19.4 Å². The minimum Gasteiger partial charge on any atom is -0.481 e. The number of carboxylic acid groups (broad SMARTS) is 1. The molecule has 1 N–H and O–H groups in total. The summed E-state index contributed by atoms with van der Waals surface area (Å²) >= 11 is 0. The Labute approximate surface area is 218 Å². The average Bonchev–Trinajstić information content (AvgIpc) is 2.83. The van der Waals surface area contributed by atoms with Gasteiger partial charge in [-0.25, -0.2) is 0 Å². The molecule has 208 valence electrons. The Morgan fingerprint density at radius 3 is 1.34 bits per heavy atom. The molecule has 1 atom stereocenters. The molecular weight excluding hydrogens is 436 g/mol. The van der Waals surface area contributed by atoms with E-state index in [0.29, 0.717) is 12.8 Å². The van der Waals surface area contributed by atoms with E-state index >= 15 is 0 Å². The first kappa shape index (κ1) is 33.9. The number of carbonyl (C=O) groups is 2. The van der Waals surface area contributed by atoms with E-state index < -0.39 is 5.97 Å². The molecule has 35 heavy (non-hydrogen) atoms. The zero-order valence-electron chi connectivity index (χ0n) is 23.6. The lowest BCUT2D eigenvalue weighted by molar-refractivity contribution is -0.150. The minimum atomic E-state index is -0.679. The number of carbonyl (C=O) groups excluding carboxylic acids is 1. The summed E-state index contributed by atoms with van der Waals surface area (Å²) in [7, 11) is 0. The van der Waals surface area contributed by atoms with E-state index in [9.17, 15) is 9.59 Å². The van der Waals surface area contributed by atoms with Crippen LogP contribution in [0.1, 0.15) is 181 Å². The Balaban J connectivity index is 3.68. The average molecular weight is 497 g/mol. The first-order valence-electron chi connectivity index (χ1n) is 15.5.